The quantitative estimate of drug-likeness (QED) is 0.849. The minimum atomic E-state index is 0.00741. The molecule has 0 fully saturated rings. The minimum Gasteiger partial charge on any atom is -0.361 e. The minimum absolute atomic E-state index is 0.00741. The standard InChI is InChI=1S/C12H20N2O2S/c1-5-17-11(8(2)3)12(15)13-7-10-6-9(4)16-14-10/h6,8,11H,5,7H2,1-4H3,(H,13,15)/t11-/m1/s1. The highest BCUT2D eigenvalue weighted by molar-refractivity contribution is 8.00. The number of nitrogens with one attached hydrogen (secondary N) is 1. The van der Waals surface area contributed by atoms with E-state index in [0.717, 1.165) is 17.2 Å². The van der Waals surface area contributed by atoms with Gasteiger partial charge in [-0.15, -0.1) is 11.8 Å². The molecular weight excluding hydrogens is 236 g/mol. The van der Waals surface area contributed by atoms with Crippen molar-refractivity contribution in [1.29, 1.82) is 0 Å². The van der Waals surface area contributed by atoms with E-state index in [0.29, 0.717) is 12.5 Å². The molecule has 17 heavy (non-hydrogen) atoms. The van der Waals surface area contributed by atoms with Gasteiger partial charge in [-0.1, -0.05) is 25.9 Å². The summed E-state index contributed by atoms with van der Waals surface area (Å²) in [5.74, 6) is 2.11. The summed E-state index contributed by atoms with van der Waals surface area (Å²) in [6.45, 7) is 8.46. The molecule has 4 nitrogen and oxygen atoms in total. The van der Waals surface area contributed by atoms with E-state index in [1.807, 2.05) is 13.0 Å². The molecule has 1 rings (SSSR count). The third-order valence-electron chi connectivity index (χ3n) is 2.33. The highest BCUT2D eigenvalue weighted by Crippen LogP contribution is 2.19. The summed E-state index contributed by atoms with van der Waals surface area (Å²) in [5.41, 5.74) is 0.764. The van der Waals surface area contributed by atoms with Crippen LogP contribution in [-0.4, -0.2) is 22.1 Å². The lowest BCUT2D eigenvalue weighted by atomic mass is 10.1. The number of amides is 1. The van der Waals surface area contributed by atoms with Crippen molar-refractivity contribution in [3.8, 4) is 0 Å². The van der Waals surface area contributed by atoms with Gasteiger partial charge in [-0.2, -0.15) is 0 Å². The molecule has 96 valence electrons. The van der Waals surface area contributed by atoms with E-state index < -0.39 is 0 Å². The Morgan fingerprint density at radius 3 is 2.76 bits per heavy atom. The average Bonchev–Trinajstić information content (AvgIpc) is 2.68. The van der Waals surface area contributed by atoms with E-state index in [1.54, 1.807) is 11.8 Å². The number of carbonyl (C=O) groups excluding carboxylic acids is 1. The number of aryl methyl sites for hydroxylation is 1. The first-order chi connectivity index (χ1) is 8.04. The van der Waals surface area contributed by atoms with Gasteiger partial charge >= 0.3 is 0 Å². The molecule has 0 saturated heterocycles. The van der Waals surface area contributed by atoms with E-state index in [1.165, 1.54) is 0 Å². The van der Waals surface area contributed by atoms with Crippen molar-refractivity contribution in [2.75, 3.05) is 5.75 Å². The third-order valence-corrected chi connectivity index (χ3v) is 3.78. The molecule has 1 amide bonds. The second kappa shape index (κ2) is 6.69. The molecule has 0 aromatic carbocycles. The summed E-state index contributed by atoms with van der Waals surface area (Å²) in [5, 5.41) is 6.75. The van der Waals surface area contributed by atoms with Gasteiger partial charge in [0.05, 0.1) is 11.8 Å². The van der Waals surface area contributed by atoms with Crippen LogP contribution in [0.3, 0.4) is 0 Å². The topological polar surface area (TPSA) is 55.1 Å². The van der Waals surface area contributed by atoms with Crippen molar-refractivity contribution in [2.24, 2.45) is 5.92 Å². The Hall–Kier alpha value is -0.970. The van der Waals surface area contributed by atoms with Crippen LogP contribution in [0, 0.1) is 12.8 Å². The third kappa shape index (κ3) is 4.42. The van der Waals surface area contributed by atoms with Crippen molar-refractivity contribution in [1.82, 2.24) is 10.5 Å². The number of thioether (sulfide) groups is 1. The van der Waals surface area contributed by atoms with Gasteiger partial charge in [0.25, 0.3) is 0 Å². The molecule has 0 aliphatic rings. The van der Waals surface area contributed by atoms with E-state index in [-0.39, 0.29) is 11.2 Å². The van der Waals surface area contributed by atoms with E-state index in [2.05, 4.69) is 31.2 Å². The zero-order chi connectivity index (χ0) is 12.8. The molecule has 0 saturated carbocycles. The zero-order valence-corrected chi connectivity index (χ0v) is 11.6. The van der Waals surface area contributed by atoms with Crippen LogP contribution in [-0.2, 0) is 11.3 Å². The van der Waals surface area contributed by atoms with Crippen LogP contribution in [0.4, 0.5) is 0 Å². The fourth-order valence-corrected chi connectivity index (χ4v) is 2.51. The van der Waals surface area contributed by atoms with Crippen LogP contribution in [0.1, 0.15) is 32.2 Å². The maximum Gasteiger partial charge on any atom is 0.233 e. The molecule has 0 unspecified atom stereocenters. The number of nitrogens with zero attached hydrogens (tertiary/aromatic N) is 1. The lowest BCUT2D eigenvalue weighted by molar-refractivity contribution is -0.121. The first-order valence-corrected chi connectivity index (χ1v) is 6.91. The maximum atomic E-state index is 12.0. The van der Waals surface area contributed by atoms with Crippen LogP contribution in [0.2, 0.25) is 0 Å². The number of hydrogen-bond donors (Lipinski definition) is 1. The largest absolute Gasteiger partial charge is 0.361 e. The Bertz CT molecular complexity index is 363. The van der Waals surface area contributed by atoms with Crippen LogP contribution >= 0.6 is 11.8 Å². The molecule has 0 radical (unpaired) electrons. The van der Waals surface area contributed by atoms with Crippen molar-refractivity contribution >= 4 is 17.7 Å². The van der Waals surface area contributed by atoms with Gasteiger partial charge in [-0.25, -0.2) is 0 Å². The number of rotatable bonds is 6. The summed E-state index contributed by atoms with van der Waals surface area (Å²) in [4.78, 5) is 12.0. The summed E-state index contributed by atoms with van der Waals surface area (Å²) >= 11 is 1.68. The van der Waals surface area contributed by atoms with Gasteiger partial charge in [0.15, 0.2) is 0 Å². The normalized spacial score (nSPS) is 12.8. The van der Waals surface area contributed by atoms with Gasteiger partial charge in [-0.3, -0.25) is 4.79 Å². The number of aromatic nitrogens is 1. The van der Waals surface area contributed by atoms with Gasteiger partial charge in [0, 0.05) is 6.07 Å². The van der Waals surface area contributed by atoms with E-state index in [9.17, 15) is 4.79 Å². The molecule has 0 aliphatic carbocycles. The number of carbonyl (C=O) groups is 1. The van der Waals surface area contributed by atoms with Gasteiger partial charge < -0.3 is 9.84 Å². The first-order valence-electron chi connectivity index (χ1n) is 5.86. The van der Waals surface area contributed by atoms with Gasteiger partial charge in [0.2, 0.25) is 5.91 Å². The molecular formula is C12H20N2O2S. The predicted molar refractivity (Wildman–Crippen MR) is 69.8 cm³/mol. The fraction of sp³-hybridized carbons (Fsp3) is 0.667. The van der Waals surface area contributed by atoms with Crippen LogP contribution in [0.25, 0.3) is 0 Å². The second-order valence-electron chi connectivity index (χ2n) is 4.27. The molecule has 1 atom stereocenters. The van der Waals surface area contributed by atoms with Crippen molar-refractivity contribution in [3.63, 3.8) is 0 Å². The summed E-state index contributed by atoms with van der Waals surface area (Å²) < 4.78 is 4.95. The number of hydrogen-bond acceptors (Lipinski definition) is 4. The molecule has 5 heteroatoms. The molecule has 1 heterocycles. The monoisotopic (exact) mass is 256 g/mol. The molecule has 1 N–H and O–H groups in total. The predicted octanol–water partition coefficient (Wildman–Crippen LogP) is 2.38. The maximum absolute atomic E-state index is 12.0. The summed E-state index contributed by atoms with van der Waals surface area (Å²) in [6, 6.07) is 1.83. The van der Waals surface area contributed by atoms with Gasteiger partial charge in [0.1, 0.15) is 11.5 Å². The van der Waals surface area contributed by atoms with Crippen molar-refractivity contribution in [2.45, 2.75) is 39.5 Å². The Morgan fingerprint density at radius 2 is 2.29 bits per heavy atom. The van der Waals surface area contributed by atoms with E-state index >= 15 is 0 Å². The van der Waals surface area contributed by atoms with Gasteiger partial charge in [-0.05, 0) is 18.6 Å². The summed E-state index contributed by atoms with van der Waals surface area (Å²) in [7, 11) is 0. The van der Waals surface area contributed by atoms with Crippen molar-refractivity contribution < 1.29 is 9.32 Å². The Morgan fingerprint density at radius 1 is 1.59 bits per heavy atom. The second-order valence-corrected chi connectivity index (χ2v) is 5.69. The fourth-order valence-electron chi connectivity index (χ4n) is 1.53. The molecule has 1 aromatic rings. The van der Waals surface area contributed by atoms with Crippen LogP contribution in [0.15, 0.2) is 10.6 Å². The summed E-state index contributed by atoms with van der Waals surface area (Å²) in [6.07, 6.45) is 0. The van der Waals surface area contributed by atoms with Crippen molar-refractivity contribution in [3.05, 3.63) is 17.5 Å². The highest BCUT2D eigenvalue weighted by Gasteiger charge is 2.21. The SMILES string of the molecule is CCS[C@@H](C(=O)NCc1cc(C)on1)C(C)C. The lowest BCUT2D eigenvalue weighted by Gasteiger charge is -2.18. The molecule has 1 aromatic heterocycles. The smallest absolute Gasteiger partial charge is 0.233 e. The van der Waals surface area contributed by atoms with Crippen LogP contribution < -0.4 is 5.32 Å². The Balaban J connectivity index is 2.47. The molecule has 0 spiro atoms. The lowest BCUT2D eigenvalue weighted by Crippen LogP contribution is -2.35. The van der Waals surface area contributed by atoms with E-state index in [4.69, 9.17) is 4.52 Å². The molecule has 0 aliphatic heterocycles. The molecule has 0 bridgehead atoms. The highest BCUT2D eigenvalue weighted by atomic mass is 32.2. The first kappa shape index (κ1) is 14.1. The Labute approximate surface area is 107 Å². The van der Waals surface area contributed by atoms with Crippen LogP contribution in [0.5, 0.6) is 0 Å². The average molecular weight is 256 g/mol. The zero-order valence-electron chi connectivity index (χ0n) is 10.8. The Kier molecular flexibility index (Phi) is 5.55.